The van der Waals surface area contributed by atoms with E-state index in [-0.39, 0.29) is 0 Å². The maximum atomic E-state index is 11.9. The van der Waals surface area contributed by atoms with E-state index in [1.165, 1.54) is 13.8 Å². The maximum Gasteiger partial charge on any atom is 0.414 e. The molecule has 0 bridgehead atoms. The third-order valence-electron chi connectivity index (χ3n) is 1.81. The highest BCUT2D eigenvalue weighted by Gasteiger charge is 2.44. The van der Waals surface area contributed by atoms with Gasteiger partial charge < -0.3 is 10.2 Å². The predicted molar refractivity (Wildman–Crippen MR) is 37.5 cm³/mol. The van der Waals surface area contributed by atoms with Crippen LogP contribution in [0.5, 0.6) is 0 Å². The average Bonchev–Trinajstić information content (AvgIpc) is 1.86. The molecule has 0 aliphatic rings. The first-order valence-corrected chi connectivity index (χ1v) is 3.66. The fourth-order valence-electron chi connectivity index (χ4n) is 0.918. The van der Waals surface area contributed by atoms with Crippen LogP contribution in [0, 0.1) is 11.8 Å². The van der Waals surface area contributed by atoms with Crippen LogP contribution in [0.1, 0.15) is 13.8 Å². The van der Waals surface area contributed by atoms with Gasteiger partial charge in [-0.2, -0.15) is 13.2 Å². The zero-order chi connectivity index (χ0) is 9.94. The molecule has 0 amide bonds. The summed E-state index contributed by atoms with van der Waals surface area (Å²) < 4.78 is 35.7. The highest BCUT2D eigenvalue weighted by Crippen LogP contribution is 2.29. The van der Waals surface area contributed by atoms with Gasteiger partial charge in [-0.05, 0) is 5.92 Å². The van der Waals surface area contributed by atoms with Crippen LogP contribution in [-0.2, 0) is 0 Å². The van der Waals surface area contributed by atoms with Gasteiger partial charge in [0.05, 0.1) is 0 Å². The van der Waals surface area contributed by atoms with Gasteiger partial charge in [0.25, 0.3) is 0 Å². The predicted octanol–water partition coefficient (Wildman–Crippen LogP) is 1.17. The van der Waals surface area contributed by atoms with Crippen LogP contribution in [0.2, 0.25) is 0 Å². The summed E-state index contributed by atoms with van der Waals surface area (Å²) in [6, 6.07) is 0. The van der Waals surface area contributed by atoms with Crippen LogP contribution in [0.3, 0.4) is 0 Å². The molecule has 0 spiro atoms. The molecule has 0 rings (SSSR count). The summed E-state index contributed by atoms with van der Waals surface area (Å²) in [6.07, 6.45) is -7.07. The molecule has 0 fully saturated rings. The first-order valence-electron chi connectivity index (χ1n) is 3.66. The Hall–Kier alpha value is -0.290. The zero-order valence-electron chi connectivity index (χ0n) is 6.97. The van der Waals surface area contributed by atoms with Crippen molar-refractivity contribution in [2.75, 3.05) is 6.61 Å². The van der Waals surface area contributed by atoms with Crippen LogP contribution in [0.15, 0.2) is 0 Å². The van der Waals surface area contributed by atoms with Crippen LogP contribution < -0.4 is 0 Å². The molecule has 2 N–H and O–H groups in total. The van der Waals surface area contributed by atoms with Crippen molar-refractivity contribution in [3.8, 4) is 0 Å². The zero-order valence-corrected chi connectivity index (χ0v) is 6.97. The van der Waals surface area contributed by atoms with Crippen LogP contribution in [0.4, 0.5) is 13.2 Å². The van der Waals surface area contributed by atoms with Gasteiger partial charge >= 0.3 is 6.18 Å². The van der Waals surface area contributed by atoms with Crippen LogP contribution >= 0.6 is 0 Å². The summed E-state index contributed by atoms with van der Waals surface area (Å²) in [7, 11) is 0. The van der Waals surface area contributed by atoms with Crippen molar-refractivity contribution in [2.24, 2.45) is 11.8 Å². The fourth-order valence-corrected chi connectivity index (χ4v) is 0.918. The van der Waals surface area contributed by atoms with E-state index in [9.17, 15) is 13.2 Å². The van der Waals surface area contributed by atoms with E-state index in [0.29, 0.717) is 0 Å². The lowest BCUT2D eigenvalue weighted by molar-refractivity contribution is -0.227. The molecule has 0 unspecified atom stereocenters. The van der Waals surface area contributed by atoms with E-state index in [2.05, 4.69) is 0 Å². The van der Waals surface area contributed by atoms with Gasteiger partial charge in [0.15, 0.2) is 6.10 Å². The van der Waals surface area contributed by atoms with E-state index in [1.807, 2.05) is 0 Å². The van der Waals surface area contributed by atoms with Crippen molar-refractivity contribution in [1.29, 1.82) is 0 Å². The molecule has 0 aliphatic heterocycles. The fraction of sp³-hybridized carbons (Fsp3) is 1.00. The molecule has 5 heteroatoms. The molecular weight excluding hydrogens is 173 g/mol. The standard InChI is InChI=1S/C7H13F3O2/c1-4(2)5(3-11)6(12)7(8,9)10/h4-6,11-12H,3H2,1-2H3/t5-,6+/m0/s1. The minimum absolute atomic E-state index is 0.397. The van der Waals surface area contributed by atoms with E-state index in [4.69, 9.17) is 10.2 Å². The molecule has 0 heterocycles. The Kier molecular flexibility index (Phi) is 3.99. The summed E-state index contributed by atoms with van der Waals surface area (Å²) in [6.45, 7) is 2.39. The second kappa shape index (κ2) is 4.09. The van der Waals surface area contributed by atoms with Gasteiger partial charge in [0.1, 0.15) is 0 Å². The van der Waals surface area contributed by atoms with Crippen LogP contribution in [0.25, 0.3) is 0 Å². The minimum atomic E-state index is -4.64. The van der Waals surface area contributed by atoms with E-state index >= 15 is 0 Å². The molecular formula is C7H13F3O2. The molecule has 2 atom stereocenters. The first kappa shape index (κ1) is 11.7. The van der Waals surface area contributed by atoms with Crippen LogP contribution in [-0.4, -0.2) is 29.1 Å². The number of hydrogen-bond acceptors (Lipinski definition) is 2. The van der Waals surface area contributed by atoms with Gasteiger partial charge in [-0.1, -0.05) is 13.8 Å². The highest BCUT2D eigenvalue weighted by atomic mass is 19.4. The largest absolute Gasteiger partial charge is 0.414 e. The van der Waals surface area contributed by atoms with Gasteiger partial charge in [-0.25, -0.2) is 0 Å². The summed E-state index contributed by atoms with van der Waals surface area (Å²) in [4.78, 5) is 0. The van der Waals surface area contributed by atoms with Gasteiger partial charge in [-0.15, -0.1) is 0 Å². The smallest absolute Gasteiger partial charge is 0.396 e. The molecule has 0 aromatic rings. The monoisotopic (exact) mass is 186 g/mol. The van der Waals surface area contributed by atoms with E-state index in [0.717, 1.165) is 0 Å². The molecule has 0 saturated heterocycles. The van der Waals surface area contributed by atoms with Gasteiger partial charge in [0.2, 0.25) is 0 Å². The van der Waals surface area contributed by atoms with Gasteiger partial charge in [0, 0.05) is 12.5 Å². The number of aliphatic hydroxyl groups is 2. The number of aliphatic hydroxyl groups excluding tert-OH is 2. The second-order valence-electron chi connectivity index (χ2n) is 3.08. The Bertz CT molecular complexity index is 133. The van der Waals surface area contributed by atoms with E-state index in [1.54, 1.807) is 0 Å². The molecule has 0 saturated carbocycles. The summed E-state index contributed by atoms with van der Waals surface area (Å²) >= 11 is 0. The molecule has 0 aliphatic carbocycles. The van der Waals surface area contributed by atoms with Crippen molar-refractivity contribution in [3.05, 3.63) is 0 Å². The molecule has 74 valence electrons. The van der Waals surface area contributed by atoms with Crippen molar-refractivity contribution in [3.63, 3.8) is 0 Å². The SMILES string of the molecule is CC(C)[C@H](CO)[C@@H](O)C(F)(F)F. The number of rotatable bonds is 3. The second-order valence-corrected chi connectivity index (χ2v) is 3.08. The van der Waals surface area contributed by atoms with E-state index < -0.39 is 30.7 Å². The summed E-state index contributed by atoms with van der Waals surface area (Å²) in [5, 5.41) is 17.3. The Balaban J connectivity index is 4.32. The van der Waals surface area contributed by atoms with Gasteiger partial charge in [-0.3, -0.25) is 0 Å². The minimum Gasteiger partial charge on any atom is -0.396 e. The maximum absolute atomic E-state index is 11.9. The molecule has 0 aromatic heterocycles. The Morgan fingerprint density at radius 3 is 1.75 bits per heavy atom. The third kappa shape index (κ3) is 2.98. The summed E-state index contributed by atoms with van der Waals surface area (Å²) in [5.41, 5.74) is 0. The Labute approximate surface area is 69.0 Å². The Morgan fingerprint density at radius 1 is 1.25 bits per heavy atom. The lowest BCUT2D eigenvalue weighted by Crippen LogP contribution is -2.40. The molecule has 2 nitrogen and oxygen atoms in total. The lowest BCUT2D eigenvalue weighted by Gasteiger charge is -2.25. The highest BCUT2D eigenvalue weighted by molar-refractivity contribution is 4.76. The quantitative estimate of drug-likeness (QED) is 0.694. The number of halogens is 3. The van der Waals surface area contributed by atoms with Crippen molar-refractivity contribution < 1.29 is 23.4 Å². The van der Waals surface area contributed by atoms with Crippen molar-refractivity contribution in [2.45, 2.75) is 26.1 Å². The first-order chi connectivity index (χ1) is 5.30. The number of alkyl halides is 3. The third-order valence-corrected chi connectivity index (χ3v) is 1.81. The Morgan fingerprint density at radius 2 is 1.67 bits per heavy atom. The number of hydrogen-bond donors (Lipinski definition) is 2. The molecule has 0 radical (unpaired) electrons. The lowest BCUT2D eigenvalue weighted by atomic mass is 9.91. The summed E-state index contributed by atoms with van der Waals surface area (Å²) in [5.74, 6) is -1.53. The normalized spacial score (nSPS) is 18.0. The van der Waals surface area contributed by atoms with Crippen molar-refractivity contribution >= 4 is 0 Å². The topological polar surface area (TPSA) is 40.5 Å². The molecule has 12 heavy (non-hydrogen) atoms. The molecule has 0 aromatic carbocycles. The van der Waals surface area contributed by atoms with Crippen molar-refractivity contribution in [1.82, 2.24) is 0 Å². The average molecular weight is 186 g/mol.